The van der Waals surface area contributed by atoms with Gasteiger partial charge in [-0.3, -0.25) is 9.59 Å². The molecule has 0 heterocycles. The number of nitrogens with one attached hydrogen (secondary N) is 1. The lowest BCUT2D eigenvalue weighted by molar-refractivity contribution is -0.141. The fourth-order valence-corrected chi connectivity index (χ4v) is 2.58. The number of methoxy groups -OCH3 is 1. The van der Waals surface area contributed by atoms with E-state index in [-0.39, 0.29) is 27.8 Å². The van der Waals surface area contributed by atoms with Gasteiger partial charge >= 0.3 is 18.0 Å². The fraction of sp³-hybridized carbons (Fsp3) is 0.471. The minimum atomic E-state index is -0.942. The molecule has 0 aliphatic heterocycles. The summed E-state index contributed by atoms with van der Waals surface area (Å²) in [7, 11) is 1.21. The van der Waals surface area contributed by atoms with Gasteiger partial charge in [-0.15, -0.1) is 0 Å². The molecule has 9 heteroatoms. The van der Waals surface area contributed by atoms with E-state index in [1.54, 1.807) is 20.8 Å². The van der Waals surface area contributed by atoms with Gasteiger partial charge in [-0.05, 0) is 32.9 Å². The molecule has 1 aromatic rings. The van der Waals surface area contributed by atoms with Crippen LogP contribution in [0.5, 0.6) is 5.75 Å². The van der Waals surface area contributed by atoms with Crippen molar-refractivity contribution in [1.29, 1.82) is 0 Å². The third-order valence-corrected chi connectivity index (χ3v) is 3.45. The molecule has 0 saturated heterocycles. The number of halogens is 2. The molecule has 1 aromatic carbocycles. The zero-order chi connectivity index (χ0) is 20.1. The smallest absolute Gasteiger partial charge is 0.408 e. The van der Waals surface area contributed by atoms with Crippen molar-refractivity contribution in [3.05, 3.63) is 27.7 Å². The quantitative estimate of drug-likeness (QED) is 0.586. The highest BCUT2D eigenvalue weighted by atomic mass is 35.5. The third kappa shape index (κ3) is 7.09. The van der Waals surface area contributed by atoms with Crippen molar-refractivity contribution in [2.75, 3.05) is 7.11 Å². The fourth-order valence-electron chi connectivity index (χ4n) is 2.03. The number of carbonyl (C=O) groups is 3. The number of ether oxygens (including phenoxy) is 3. The van der Waals surface area contributed by atoms with Gasteiger partial charge in [0.15, 0.2) is 5.75 Å². The van der Waals surface area contributed by atoms with E-state index in [2.05, 4.69) is 10.1 Å². The van der Waals surface area contributed by atoms with Crippen molar-refractivity contribution in [2.24, 2.45) is 0 Å². The molecule has 0 aliphatic carbocycles. The zero-order valence-electron chi connectivity index (χ0n) is 15.1. The summed E-state index contributed by atoms with van der Waals surface area (Å²) in [6, 6.07) is 1.88. The van der Waals surface area contributed by atoms with Gasteiger partial charge in [0, 0.05) is 17.5 Å². The average Bonchev–Trinajstić information content (AvgIpc) is 2.46. The maximum absolute atomic E-state index is 12.2. The molecule has 0 radical (unpaired) electrons. The SMILES string of the molecule is COC(=O)CC(NC(=O)OC(C)(C)C)c1cc(Cl)cc(Cl)c1OC(C)=O. The van der Waals surface area contributed by atoms with Crippen LogP contribution in [0, 0.1) is 0 Å². The Kier molecular flexibility index (Phi) is 7.71. The third-order valence-electron chi connectivity index (χ3n) is 2.95. The molecule has 0 aliphatic rings. The molecule has 7 nitrogen and oxygen atoms in total. The maximum atomic E-state index is 12.2. The van der Waals surface area contributed by atoms with Gasteiger partial charge in [0.2, 0.25) is 0 Å². The van der Waals surface area contributed by atoms with E-state index in [4.69, 9.17) is 32.7 Å². The molecule has 0 bridgehead atoms. The Morgan fingerprint density at radius 1 is 1.19 bits per heavy atom. The first kappa shape index (κ1) is 22.1. The van der Waals surface area contributed by atoms with Crippen LogP contribution < -0.4 is 10.1 Å². The summed E-state index contributed by atoms with van der Waals surface area (Å²) < 4.78 is 15.0. The molecule has 1 rings (SSSR count). The molecular weight excluding hydrogens is 385 g/mol. The second-order valence-electron chi connectivity index (χ2n) is 6.38. The van der Waals surface area contributed by atoms with Crippen LogP contribution in [0.4, 0.5) is 4.79 Å². The van der Waals surface area contributed by atoms with Crippen molar-refractivity contribution >= 4 is 41.2 Å². The van der Waals surface area contributed by atoms with Crippen LogP contribution in [0.2, 0.25) is 10.0 Å². The summed E-state index contributed by atoms with van der Waals surface area (Å²) in [5.41, 5.74) is -0.501. The second-order valence-corrected chi connectivity index (χ2v) is 7.22. The molecule has 26 heavy (non-hydrogen) atoms. The average molecular weight is 406 g/mol. The minimum Gasteiger partial charge on any atom is -0.469 e. The van der Waals surface area contributed by atoms with Gasteiger partial charge in [-0.2, -0.15) is 0 Å². The summed E-state index contributed by atoms with van der Waals surface area (Å²) in [4.78, 5) is 35.3. The van der Waals surface area contributed by atoms with E-state index in [1.807, 2.05) is 0 Å². The van der Waals surface area contributed by atoms with Gasteiger partial charge in [0.05, 0.1) is 24.6 Å². The molecule has 1 unspecified atom stereocenters. The monoisotopic (exact) mass is 405 g/mol. The van der Waals surface area contributed by atoms with Crippen molar-refractivity contribution in [3.8, 4) is 5.75 Å². The van der Waals surface area contributed by atoms with Gasteiger partial charge in [-0.25, -0.2) is 4.79 Å². The first-order valence-corrected chi connectivity index (χ1v) is 8.42. The Morgan fingerprint density at radius 3 is 2.31 bits per heavy atom. The lowest BCUT2D eigenvalue weighted by atomic mass is 10.0. The van der Waals surface area contributed by atoms with Crippen molar-refractivity contribution in [3.63, 3.8) is 0 Å². The Hall–Kier alpha value is -1.99. The standard InChI is InChI=1S/C17H21Cl2NO6/c1-9(21)25-15-11(6-10(18)7-12(15)19)13(8-14(22)24-5)20-16(23)26-17(2,3)4/h6-7,13H,8H2,1-5H3,(H,20,23). The summed E-state index contributed by atoms with van der Waals surface area (Å²) in [6.07, 6.45) is -1.02. The number of rotatable bonds is 5. The molecule has 1 atom stereocenters. The lowest BCUT2D eigenvalue weighted by Gasteiger charge is -2.24. The molecule has 1 N–H and O–H groups in total. The Labute approximate surface area is 161 Å². The van der Waals surface area contributed by atoms with E-state index < -0.39 is 29.7 Å². The number of amides is 1. The number of carbonyl (C=O) groups excluding carboxylic acids is 3. The normalized spacial score (nSPS) is 12.1. The van der Waals surface area contributed by atoms with Gasteiger partial charge in [0.25, 0.3) is 0 Å². The molecule has 1 amide bonds. The van der Waals surface area contributed by atoms with Crippen LogP contribution in [-0.4, -0.2) is 30.7 Å². The highest BCUT2D eigenvalue weighted by Gasteiger charge is 2.27. The van der Waals surface area contributed by atoms with Crippen LogP contribution in [0.15, 0.2) is 12.1 Å². The maximum Gasteiger partial charge on any atom is 0.408 e. The number of hydrogen-bond donors (Lipinski definition) is 1. The summed E-state index contributed by atoms with van der Waals surface area (Å²) in [5.74, 6) is -1.23. The van der Waals surface area contributed by atoms with Gasteiger partial charge in [0.1, 0.15) is 5.60 Å². The predicted molar refractivity (Wildman–Crippen MR) is 96.5 cm³/mol. The van der Waals surface area contributed by atoms with E-state index >= 15 is 0 Å². The number of hydrogen-bond acceptors (Lipinski definition) is 6. The number of esters is 2. The number of benzene rings is 1. The first-order chi connectivity index (χ1) is 11.9. The molecule has 0 fully saturated rings. The molecule has 0 saturated carbocycles. The van der Waals surface area contributed by atoms with Crippen LogP contribution in [-0.2, 0) is 19.1 Å². The van der Waals surface area contributed by atoms with Crippen molar-refractivity contribution in [1.82, 2.24) is 5.32 Å². The highest BCUT2D eigenvalue weighted by Crippen LogP contribution is 2.37. The molecular formula is C17H21Cl2NO6. The Bertz CT molecular complexity index is 699. The largest absolute Gasteiger partial charge is 0.469 e. The van der Waals surface area contributed by atoms with E-state index in [0.717, 1.165) is 0 Å². The van der Waals surface area contributed by atoms with E-state index in [1.165, 1.54) is 26.2 Å². The van der Waals surface area contributed by atoms with Crippen molar-refractivity contribution < 1.29 is 28.6 Å². The Balaban J connectivity index is 3.31. The van der Waals surface area contributed by atoms with Gasteiger partial charge in [-0.1, -0.05) is 23.2 Å². The minimum absolute atomic E-state index is 0.00599. The van der Waals surface area contributed by atoms with Crippen LogP contribution in [0.3, 0.4) is 0 Å². The summed E-state index contributed by atoms with van der Waals surface area (Å²) >= 11 is 12.1. The van der Waals surface area contributed by atoms with Crippen LogP contribution in [0.25, 0.3) is 0 Å². The molecule has 0 aromatic heterocycles. The first-order valence-electron chi connectivity index (χ1n) is 7.66. The van der Waals surface area contributed by atoms with Crippen molar-refractivity contribution in [2.45, 2.75) is 45.8 Å². The predicted octanol–water partition coefficient (Wildman–Crippen LogP) is 4.05. The zero-order valence-corrected chi connectivity index (χ0v) is 16.7. The number of alkyl carbamates (subject to hydrolysis) is 1. The highest BCUT2D eigenvalue weighted by molar-refractivity contribution is 6.35. The van der Waals surface area contributed by atoms with Gasteiger partial charge < -0.3 is 19.5 Å². The van der Waals surface area contributed by atoms with E-state index in [9.17, 15) is 14.4 Å². The van der Waals surface area contributed by atoms with Crippen LogP contribution >= 0.6 is 23.2 Å². The second kappa shape index (κ2) is 9.09. The lowest BCUT2D eigenvalue weighted by Crippen LogP contribution is -2.36. The topological polar surface area (TPSA) is 90.9 Å². The Morgan fingerprint density at radius 2 is 1.81 bits per heavy atom. The molecule has 144 valence electrons. The van der Waals surface area contributed by atoms with Crippen LogP contribution in [0.1, 0.15) is 45.7 Å². The summed E-state index contributed by atoms with van der Waals surface area (Å²) in [5, 5.41) is 2.85. The molecule has 0 spiro atoms. The van der Waals surface area contributed by atoms with E-state index in [0.29, 0.717) is 0 Å². The summed E-state index contributed by atoms with van der Waals surface area (Å²) in [6.45, 7) is 6.29.